The largest absolute Gasteiger partial charge is 0.465 e. The molecular weight excluding hydrogens is 232 g/mol. The van der Waals surface area contributed by atoms with E-state index >= 15 is 0 Å². The number of likely N-dealkylation sites (N-methyl/N-ethyl adjacent to an activating group) is 1. The topological polar surface area (TPSA) is 59.7 Å². The number of hydrogen-bond acceptors (Lipinski definition) is 5. The van der Waals surface area contributed by atoms with Gasteiger partial charge >= 0.3 is 5.97 Å². The summed E-state index contributed by atoms with van der Waals surface area (Å²) in [7, 11) is 1.81. The van der Waals surface area contributed by atoms with Crippen LogP contribution in [0.25, 0.3) is 5.52 Å². The summed E-state index contributed by atoms with van der Waals surface area (Å²) in [5.74, 6) is 0.450. The first kappa shape index (κ1) is 12.3. The Morgan fingerprint density at radius 3 is 3.06 bits per heavy atom. The number of hydrogen-bond donors (Lipinski definition) is 0. The van der Waals surface area contributed by atoms with Crippen LogP contribution in [0.15, 0.2) is 18.5 Å². The summed E-state index contributed by atoms with van der Waals surface area (Å²) < 4.78 is 6.67. The van der Waals surface area contributed by atoms with Gasteiger partial charge in [-0.15, -0.1) is 0 Å². The average Bonchev–Trinajstić information content (AvgIpc) is 2.68. The lowest BCUT2D eigenvalue weighted by Gasteiger charge is -2.17. The Balaban J connectivity index is 2.27. The Morgan fingerprint density at radius 1 is 1.56 bits per heavy atom. The molecule has 2 aromatic rings. The quantitative estimate of drug-likeness (QED) is 0.756. The SMILES string of the molecule is CCOC(=O)CN(C)c1nccn2nc(C)cc12. The second-order valence-electron chi connectivity index (χ2n) is 4.03. The molecule has 96 valence electrons. The Morgan fingerprint density at radius 2 is 2.33 bits per heavy atom. The van der Waals surface area contributed by atoms with Gasteiger partial charge in [-0.3, -0.25) is 4.79 Å². The molecule has 0 saturated heterocycles. The van der Waals surface area contributed by atoms with E-state index in [4.69, 9.17) is 4.74 Å². The molecule has 6 nitrogen and oxygen atoms in total. The van der Waals surface area contributed by atoms with Gasteiger partial charge in [0, 0.05) is 19.4 Å². The van der Waals surface area contributed by atoms with Gasteiger partial charge in [-0.1, -0.05) is 0 Å². The number of carbonyl (C=O) groups is 1. The molecule has 0 aliphatic heterocycles. The molecule has 18 heavy (non-hydrogen) atoms. The maximum Gasteiger partial charge on any atom is 0.325 e. The van der Waals surface area contributed by atoms with Crippen molar-refractivity contribution in [1.82, 2.24) is 14.6 Å². The first-order chi connectivity index (χ1) is 8.61. The van der Waals surface area contributed by atoms with Crippen molar-refractivity contribution >= 4 is 17.3 Å². The molecule has 2 rings (SSSR count). The van der Waals surface area contributed by atoms with E-state index in [9.17, 15) is 4.79 Å². The van der Waals surface area contributed by atoms with Gasteiger partial charge in [0.1, 0.15) is 12.1 Å². The number of aryl methyl sites for hydroxylation is 1. The Hall–Kier alpha value is -2.11. The highest BCUT2D eigenvalue weighted by Gasteiger charge is 2.13. The summed E-state index contributed by atoms with van der Waals surface area (Å²) in [5, 5.41) is 4.31. The molecule has 0 N–H and O–H groups in total. The standard InChI is InChI=1S/C12H16N4O2/c1-4-18-11(17)8-15(3)12-10-7-9(2)14-16(10)6-5-13-12/h5-7H,4,8H2,1-3H3. The van der Waals surface area contributed by atoms with Crippen LogP contribution in [0, 0.1) is 6.92 Å². The number of aromatic nitrogens is 3. The summed E-state index contributed by atoms with van der Waals surface area (Å²) in [4.78, 5) is 17.5. The predicted octanol–water partition coefficient (Wildman–Crippen LogP) is 1.04. The highest BCUT2D eigenvalue weighted by Crippen LogP contribution is 2.17. The monoisotopic (exact) mass is 248 g/mol. The minimum absolute atomic E-state index is 0.171. The third-order valence-corrected chi connectivity index (χ3v) is 2.52. The van der Waals surface area contributed by atoms with Crippen LogP contribution in [0.2, 0.25) is 0 Å². The van der Waals surface area contributed by atoms with Crippen molar-refractivity contribution in [2.45, 2.75) is 13.8 Å². The molecule has 0 fully saturated rings. The van der Waals surface area contributed by atoms with Gasteiger partial charge in [0.15, 0.2) is 5.82 Å². The summed E-state index contributed by atoms with van der Waals surface area (Å²) >= 11 is 0. The van der Waals surface area contributed by atoms with Gasteiger partial charge in [0.25, 0.3) is 0 Å². The molecular formula is C12H16N4O2. The van der Waals surface area contributed by atoms with Crippen molar-refractivity contribution < 1.29 is 9.53 Å². The van der Waals surface area contributed by atoms with Gasteiger partial charge in [0.05, 0.1) is 12.3 Å². The fourth-order valence-corrected chi connectivity index (χ4v) is 1.80. The number of carbonyl (C=O) groups excluding carboxylic acids is 1. The Kier molecular flexibility index (Phi) is 3.45. The zero-order chi connectivity index (χ0) is 13.1. The van der Waals surface area contributed by atoms with Crippen molar-refractivity contribution in [3.05, 3.63) is 24.2 Å². The van der Waals surface area contributed by atoms with E-state index in [0.717, 1.165) is 11.2 Å². The van der Waals surface area contributed by atoms with E-state index in [1.165, 1.54) is 0 Å². The molecule has 0 atom stereocenters. The van der Waals surface area contributed by atoms with Crippen LogP contribution in [0.5, 0.6) is 0 Å². The van der Waals surface area contributed by atoms with E-state index in [-0.39, 0.29) is 12.5 Å². The van der Waals surface area contributed by atoms with Crippen LogP contribution in [0.3, 0.4) is 0 Å². The fraction of sp³-hybridized carbons (Fsp3) is 0.417. The highest BCUT2D eigenvalue weighted by molar-refractivity contribution is 5.78. The second-order valence-corrected chi connectivity index (χ2v) is 4.03. The molecule has 0 bridgehead atoms. The third kappa shape index (κ3) is 2.42. The van der Waals surface area contributed by atoms with E-state index in [2.05, 4.69) is 10.1 Å². The lowest BCUT2D eigenvalue weighted by atomic mass is 10.4. The number of esters is 1. The predicted molar refractivity (Wildman–Crippen MR) is 67.6 cm³/mol. The van der Waals surface area contributed by atoms with Crippen LogP contribution in [-0.4, -0.2) is 40.8 Å². The maximum atomic E-state index is 11.5. The number of anilines is 1. The molecule has 0 saturated carbocycles. The van der Waals surface area contributed by atoms with Crippen molar-refractivity contribution in [3.63, 3.8) is 0 Å². The van der Waals surface area contributed by atoms with E-state index in [0.29, 0.717) is 12.4 Å². The van der Waals surface area contributed by atoms with Gasteiger partial charge in [0.2, 0.25) is 0 Å². The summed E-state index contributed by atoms with van der Waals surface area (Å²) in [6.45, 7) is 4.26. The Labute approximate surface area is 105 Å². The lowest BCUT2D eigenvalue weighted by Crippen LogP contribution is -2.28. The van der Waals surface area contributed by atoms with Crippen LogP contribution in [-0.2, 0) is 9.53 Å². The molecule has 0 aliphatic carbocycles. The molecule has 0 aliphatic rings. The number of fused-ring (bicyclic) bond motifs is 1. The third-order valence-electron chi connectivity index (χ3n) is 2.52. The van der Waals surface area contributed by atoms with Crippen LogP contribution < -0.4 is 4.90 Å². The Bertz CT molecular complexity index is 564. The molecule has 0 radical (unpaired) electrons. The normalized spacial score (nSPS) is 10.6. The van der Waals surface area contributed by atoms with Crippen LogP contribution in [0.1, 0.15) is 12.6 Å². The summed E-state index contributed by atoms with van der Waals surface area (Å²) in [5.41, 5.74) is 1.79. The van der Waals surface area contributed by atoms with Gasteiger partial charge in [-0.05, 0) is 19.9 Å². The van der Waals surface area contributed by atoms with Gasteiger partial charge in [-0.25, -0.2) is 9.50 Å². The first-order valence-corrected chi connectivity index (χ1v) is 5.79. The van der Waals surface area contributed by atoms with Crippen LogP contribution >= 0.6 is 0 Å². The molecule has 0 aromatic carbocycles. The van der Waals surface area contributed by atoms with Crippen molar-refractivity contribution in [3.8, 4) is 0 Å². The molecule has 2 aromatic heterocycles. The van der Waals surface area contributed by atoms with Crippen molar-refractivity contribution in [1.29, 1.82) is 0 Å². The molecule has 0 spiro atoms. The van der Waals surface area contributed by atoms with Crippen molar-refractivity contribution in [2.24, 2.45) is 0 Å². The number of rotatable bonds is 4. The van der Waals surface area contributed by atoms with Gasteiger partial charge in [-0.2, -0.15) is 5.10 Å². The average molecular weight is 248 g/mol. The zero-order valence-electron chi connectivity index (χ0n) is 10.8. The lowest BCUT2D eigenvalue weighted by molar-refractivity contribution is -0.141. The van der Waals surface area contributed by atoms with Gasteiger partial charge < -0.3 is 9.64 Å². The maximum absolute atomic E-state index is 11.5. The molecule has 0 amide bonds. The van der Waals surface area contributed by atoms with E-state index in [1.807, 2.05) is 20.0 Å². The minimum atomic E-state index is -0.264. The van der Waals surface area contributed by atoms with E-state index < -0.39 is 0 Å². The summed E-state index contributed by atoms with van der Waals surface area (Å²) in [6.07, 6.45) is 3.44. The van der Waals surface area contributed by atoms with E-state index in [1.54, 1.807) is 28.7 Å². The zero-order valence-corrected chi connectivity index (χ0v) is 10.8. The molecule has 2 heterocycles. The molecule has 6 heteroatoms. The number of ether oxygens (including phenoxy) is 1. The number of nitrogens with zero attached hydrogens (tertiary/aromatic N) is 4. The first-order valence-electron chi connectivity index (χ1n) is 5.79. The smallest absolute Gasteiger partial charge is 0.325 e. The minimum Gasteiger partial charge on any atom is -0.465 e. The van der Waals surface area contributed by atoms with Crippen molar-refractivity contribution in [2.75, 3.05) is 25.1 Å². The second kappa shape index (κ2) is 5.03. The summed E-state index contributed by atoms with van der Waals surface area (Å²) in [6, 6.07) is 1.93. The fourth-order valence-electron chi connectivity index (χ4n) is 1.80. The molecule has 0 unspecified atom stereocenters. The van der Waals surface area contributed by atoms with Crippen LogP contribution in [0.4, 0.5) is 5.82 Å². The highest BCUT2D eigenvalue weighted by atomic mass is 16.5.